The van der Waals surface area contributed by atoms with Gasteiger partial charge >= 0.3 is 5.97 Å². The van der Waals surface area contributed by atoms with E-state index in [1.807, 2.05) is 17.7 Å². The summed E-state index contributed by atoms with van der Waals surface area (Å²) in [6.45, 7) is 6.20. The van der Waals surface area contributed by atoms with Crippen LogP contribution in [-0.2, 0) is 17.8 Å². The molecule has 2 aromatic rings. The van der Waals surface area contributed by atoms with E-state index in [-0.39, 0.29) is 0 Å². The first-order valence-electron chi connectivity index (χ1n) is 9.19. The molecule has 0 bridgehead atoms. The van der Waals surface area contributed by atoms with Crippen LogP contribution in [0, 0.1) is 13.8 Å². The molecule has 0 spiro atoms. The van der Waals surface area contributed by atoms with Crippen molar-refractivity contribution in [3.05, 3.63) is 46.8 Å². The Balaban J connectivity index is 1.85. The molecule has 1 aromatic heterocycles. The minimum absolute atomic E-state index is 0.400. The Hall–Kier alpha value is -3.03. The molecule has 1 aromatic carbocycles. The lowest BCUT2D eigenvalue weighted by Crippen LogP contribution is -2.37. The van der Waals surface area contributed by atoms with Crippen LogP contribution >= 0.6 is 0 Å². The van der Waals surface area contributed by atoms with E-state index in [2.05, 4.69) is 33.7 Å². The number of methoxy groups -OCH3 is 2. The topological polar surface area (TPSA) is 89.8 Å². The molecule has 2 rings (SSSR count). The number of aryl methyl sites for hydroxylation is 3. The molecule has 0 aliphatic carbocycles. The lowest BCUT2D eigenvalue weighted by molar-refractivity contribution is 0.0597. The summed E-state index contributed by atoms with van der Waals surface area (Å²) in [7, 11) is 4.60. The van der Waals surface area contributed by atoms with E-state index in [0.717, 1.165) is 30.8 Å². The van der Waals surface area contributed by atoms with Crippen molar-refractivity contribution in [3.8, 4) is 5.75 Å². The van der Waals surface area contributed by atoms with Crippen molar-refractivity contribution in [1.29, 1.82) is 0 Å². The molecule has 0 saturated carbocycles. The van der Waals surface area contributed by atoms with Gasteiger partial charge in [-0.05, 0) is 44.0 Å². The van der Waals surface area contributed by atoms with Crippen molar-refractivity contribution >= 4 is 11.9 Å². The average molecular weight is 387 g/mol. The molecule has 0 aliphatic rings. The van der Waals surface area contributed by atoms with E-state index < -0.39 is 5.97 Å². The number of rotatable bonds is 8. The normalized spacial score (nSPS) is 11.2. The molecule has 8 heteroatoms. The van der Waals surface area contributed by atoms with Crippen LogP contribution in [-0.4, -0.2) is 49.5 Å². The standard InChI is InChI=1S/C20H29N5O3/c1-14-11-15(2)25(24-14)10-6-9-22-20(21-3)23-13-16-7-8-18(27-4)17(12-16)19(26)28-5/h7-8,11-12H,6,9-10,13H2,1-5H3,(H2,21,22,23). The van der Waals surface area contributed by atoms with Crippen molar-refractivity contribution in [1.82, 2.24) is 20.4 Å². The fourth-order valence-corrected chi connectivity index (χ4v) is 2.88. The summed E-state index contributed by atoms with van der Waals surface area (Å²) in [6.07, 6.45) is 0.928. The summed E-state index contributed by atoms with van der Waals surface area (Å²) in [5, 5.41) is 11.0. The number of esters is 1. The van der Waals surface area contributed by atoms with E-state index in [4.69, 9.17) is 9.47 Å². The predicted molar refractivity (Wildman–Crippen MR) is 109 cm³/mol. The van der Waals surface area contributed by atoms with Crippen LogP contribution in [0.15, 0.2) is 29.3 Å². The fourth-order valence-electron chi connectivity index (χ4n) is 2.88. The number of aromatic nitrogens is 2. The lowest BCUT2D eigenvalue weighted by atomic mass is 10.1. The van der Waals surface area contributed by atoms with Crippen molar-refractivity contribution in [2.75, 3.05) is 27.8 Å². The highest BCUT2D eigenvalue weighted by Gasteiger charge is 2.13. The van der Waals surface area contributed by atoms with Gasteiger partial charge in [0.25, 0.3) is 0 Å². The smallest absolute Gasteiger partial charge is 0.341 e. The third kappa shape index (κ3) is 5.73. The lowest BCUT2D eigenvalue weighted by Gasteiger charge is -2.13. The number of carbonyl (C=O) groups is 1. The summed E-state index contributed by atoms with van der Waals surface area (Å²) >= 11 is 0. The summed E-state index contributed by atoms with van der Waals surface area (Å²) in [6, 6.07) is 7.49. The van der Waals surface area contributed by atoms with Gasteiger partial charge in [-0.1, -0.05) is 6.07 Å². The van der Waals surface area contributed by atoms with Crippen molar-refractivity contribution in [2.24, 2.45) is 4.99 Å². The third-order valence-electron chi connectivity index (χ3n) is 4.30. The number of hydrogen-bond donors (Lipinski definition) is 2. The SMILES string of the molecule is CN=C(NCCCn1nc(C)cc1C)NCc1ccc(OC)c(C(=O)OC)c1. The van der Waals surface area contributed by atoms with Crippen molar-refractivity contribution in [2.45, 2.75) is 33.4 Å². The number of nitrogens with zero attached hydrogens (tertiary/aromatic N) is 3. The van der Waals surface area contributed by atoms with E-state index in [9.17, 15) is 4.79 Å². The molecular formula is C20H29N5O3. The Bertz CT molecular complexity index is 829. The molecule has 152 valence electrons. The maximum Gasteiger partial charge on any atom is 0.341 e. The molecule has 8 nitrogen and oxygen atoms in total. The largest absolute Gasteiger partial charge is 0.496 e. The molecule has 0 fully saturated rings. The van der Waals surface area contributed by atoms with Crippen molar-refractivity contribution < 1.29 is 14.3 Å². The number of guanidine groups is 1. The Kier molecular flexibility index (Phi) is 7.86. The zero-order valence-corrected chi connectivity index (χ0v) is 17.2. The first-order valence-corrected chi connectivity index (χ1v) is 9.19. The Labute approximate surface area is 165 Å². The first kappa shape index (κ1) is 21.3. The molecule has 0 saturated heterocycles. The van der Waals surface area contributed by atoms with Crippen molar-refractivity contribution in [3.63, 3.8) is 0 Å². The number of benzene rings is 1. The zero-order valence-electron chi connectivity index (χ0n) is 17.2. The van der Waals surface area contributed by atoms with E-state index in [1.165, 1.54) is 19.9 Å². The summed E-state index contributed by atoms with van der Waals surface area (Å²) in [5.74, 6) is 0.761. The molecular weight excluding hydrogens is 358 g/mol. The fraction of sp³-hybridized carbons (Fsp3) is 0.450. The number of nitrogens with one attached hydrogen (secondary N) is 2. The summed E-state index contributed by atoms with van der Waals surface area (Å²) < 4.78 is 12.0. The van der Waals surface area contributed by atoms with Crippen LogP contribution in [0.4, 0.5) is 0 Å². The quantitative estimate of drug-likeness (QED) is 0.312. The van der Waals surface area contributed by atoms with Gasteiger partial charge in [-0.2, -0.15) is 5.10 Å². The van der Waals surface area contributed by atoms with Crippen LogP contribution < -0.4 is 15.4 Å². The number of ether oxygens (including phenoxy) is 2. The van der Waals surface area contributed by atoms with Gasteiger partial charge in [0.05, 0.1) is 19.9 Å². The molecule has 0 atom stereocenters. The minimum atomic E-state index is -0.426. The first-order chi connectivity index (χ1) is 13.5. The highest BCUT2D eigenvalue weighted by Crippen LogP contribution is 2.20. The van der Waals surface area contributed by atoms with Gasteiger partial charge in [-0.25, -0.2) is 4.79 Å². The maximum atomic E-state index is 11.9. The molecule has 0 unspecified atom stereocenters. The molecule has 1 heterocycles. The predicted octanol–water partition coefficient (Wildman–Crippen LogP) is 2.05. The summed E-state index contributed by atoms with van der Waals surface area (Å²) in [5.41, 5.74) is 3.53. The van der Waals surface area contributed by atoms with Crippen LogP contribution in [0.3, 0.4) is 0 Å². The van der Waals surface area contributed by atoms with Crippen LogP contribution in [0.5, 0.6) is 5.75 Å². The monoisotopic (exact) mass is 387 g/mol. The van der Waals surface area contributed by atoms with Crippen LogP contribution in [0.2, 0.25) is 0 Å². The van der Waals surface area contributed by atoms with E-state index in [1.54, 1.807) is 19.2 Å². The number of aliphatic imine (C=N–C) groups is 1. The van der Waals surface area contributed by atoms with Gasteiger partial charge in [0.1, 0.15) is 11.3 Å². The molecule has 28 heavy (non-hydrogen) atoms. The highest BCUT2D eigenvalue weighted by atomic mass is 16.5. The second-order valence-corrected chi connectivity index (χ2v) is 6.38. The number of hydrogen-bond acceptors (Lipinski definition) is 5. The molecule has 0 amide bonds. The Morgan fingerprint density at radius 2 is 2.00 bits per heavy atom. The van der Waals surface area contributed by atoms with Crippen LogP contribution in [0.1, 0.15) is 33.7 Å². The second-order valence-electron chi connectivity index (χ2n) is 6.38. The van der Waals surface area contributed by atoms with Gasteiger partial charge in [-0.15, -0.1) is 0 Å². The minimum Gasteiger partial charge on any atom is -0.496 e. The van der Waals surface area contributed by atoms with Gasteiger partial charge in [0.2, 0.25) is 0 Å². The second kappa shape index (κ2) is 10.3. The molecule has 2 N–H and O–H groups in total. The van der Waals surface area contributed by atoms with E-state index >= 15 is 0 Å². The van der Waals surface area contributed by atoms with E-state index in [0.29, 0.717) is 23.8 Å². The van der Waals surface area contributed by atoms with Gasteiger partial charge in [-0.3, -0.25) is 9.67 Å². The van der Waals surface area contributed by atoms with Gasteiger partial charge < -0.3 is 20.1 Å². The summed E-state index contributed by atoms with van der Waals surface area (Å²) in [4.78, 5) is 16.1. The molecule has 0 radical (unpaired) electrons. The Morgan fingerprint density at radius 1 is 1.21 bits per heavy atom. The Morgan fingerprint density at radius 3 is 2.61 bits per heavy atom. The van der Waals surface area contributed by atoms with Gasteiger partial charge in [0, 0.05) is 32.4 Å². The maximum absolute atomic E-state index is 11.9. The third-order valence-corrected chi connectivity index (χ3v) is 4.30. The van der Waals surface area contributed by atoms with Gasteiger partial charge in [0.15, 0.2) is 5.96 Å². The highest BCUT2D eigenvalue weighted by molar-refractivity contribution is 5.92. The number of carbonyl (C=O) groups excluding carboxylic acids is 1. The molecule has 0 aliphatic heterocycles. The average Bonchev–Trinajstić information content (AvgIpc) is 3.03. The van der Waals surface area contributed by atoms with Crippen LogP contribution in [0.25, 0.3) is 0 Å². The zero-order chi connectivity index (χ0) is 20.5.